The molecule has 1 fully saturated rings. The molecule has 1 unspecified atom stereocenters. The topological polar surface area (TPSA) is 87.9 Å². The maximum absolute atomic E-state index is 11.2. The molecule has 0 saturated carbocycles. The van der Waals surface area contributed by atoms with Crippen LogP contribution in [0.2, 0.25) is 0 Å². The van der Waals surface area contributed by atoms with Crippen molar-refractivity contribution in [2.75, 3.05) is 13.2 Å². The molecule has 0 aliphatic carbocycles. The number of carbonyl (C=O) groups excluding carboxylic acids is 2. The second-order valence-corrected chi connectivity index (χ2v) is 3.99. The molecule has 96 valence electrons. The lowest BCUT2D eigenvalue weighted by molar-refractivity contribution is -0.156. The van der Waals surface area contributed by atoms with E-state index in [4.69, 9.17) is 19.9 Å². The molecule has 0 aromatic carbocycles. The van der Waals surface area contributed by atoms with Crippen molar-refractivity contribution in [3.8, 4) is 0 Å². The molecule has 0 spiro atoms. The first-order valence-electron chi connectivity index (χ1n) is 5.77. The molecule has 1 aliphatic heterocycles. The highest BCUT2D eigenvalue weighted by atomic mass is 16.6. The van der Waals surface area contributed by atoms with Crippen molar-refractivity contribution in [3.05, 3.63) is 0 Å². The molecule has 0 bridgehead atoms. The monoisotopic (exact) mass is 243 g/mol. The third-order valence-electron chi connectivity index (χ3n) is 2.53. The zero-order valence-electron chi connectivity index (χ0n) is 10.2. The van der Waals surface area contributed by atoms with Crippen LogP contribution in [0.15, 0.2) is 0 Å². The number of carbonyl (C=O) groups is 2. The van der Waals surface area contributed by atoms with Crippen LogP contribution in [0.1, 0.15) is 19.8 Å². The largest absolute Gasteiger partial charge is 0.462 e. The van der Waals surface area contributed by atoms with Gasteiger partial charge in [-0.05, 0) is 0 Å². The maximum Gasteiger partial charge on any atom is 0.319 e. The number of hydrogen-bond donors (Lipinski definition) is 1. The Balaban J connectivity index is 2.44. The molecular formula is C10H18BNO5. The molecule has 7 heteroatoms. The summed E-state index contributed by atoms with van der Waals surface area (Å²) in [7, 11) is 1.89. The van der Waals surface area contributed by atoms with Gasteiger partial charge in [-0.3, -0.25) is 9.59 Å². The lowest BCUT2D eigenvalue weighted by Gasteiger charge is -2.18. The van der Waals surface area contributed by atoms with Crippen LogP contribution in [0.5, 0.6) is 0 Å². The third kappa shape index (κ3) is 4.36. The normalized spacial score (nSPS) is 27.8. The Morgan fingerprint density at radius 2 is 2.18 bits per heavy atom. The average Bonchev–Trinajstić information content (AvgIpc) is 2.66. The summed E-state index contributed by atoms with van der Waals surface area (Å²) < 4.78 is 15.6. The molecule has 6 nitrogen and oxygen atoms in total. The SMILES string of the molecule is B[C@@H]1CC(OC(=O)CC)[C@H](COC(=O)CN)O1. The van der Waals surface area contributed by atoms with Crippen LogP contribution >= 0.6 is 0 Å². The van der Waals surface area contributed by atoms with Crippen molar-refractivity contribution in [2.45, 2.75) is 38.0 Å². The van der Waals surface area contributed by atoms with Crippen molar-refractivity contribution in [1.82, 2.24) is 0 Å². The molecular weight excluding hydrogens is 225 g/mol. The van der Waals surface area contributed by atoms with Crippen LogP contribution in [0.25, 0.3) is 0 Å². The van der Waals surface area contributed by atoms with E-state index in [1.54, 1.807) is 6.92 Å². The highest BCUT2D eigenvalue weighted by molar-refractivity contribution is 6.11. The van der Waals surface area contributed by atoms with Crippen LogP contribution in [0.3, 0.4) is 0 Å². The third-order valence-corrected chi connectivity index (χ3v) is 2.53. The minimum absolute atomic E-state index is 0.00812. The minimum atomic E-state index is -0.492. The fourth-order valence-corrected chi connectivity index (χ4v) is 1.68. The number of nitrogens with two attached hydrogens (primary N) is 1. The zero-order valence-corrected chi connectivity index (χ0v) is 10.2. The standard InChI is InChI=1S/C10H18BNO5/c1-2-9(13)17-6-3-8(11)16-7(6)5-15-10(14)4-12/h6-8H,2-5,11-12H2,1H3/t6?,7-,8-/m0/s1. The van der Waals surface area contributed by atoms with Gasteiger partial charge in [-0.2, -0.15) is 0 Å². The summed E-state index contributed by atoms with van der Waals surface area (Å²) in [6.45, 7) is 1.63. The fourth-order valence-electron chi connectivity index (χ4n) is 1.68. The summed E-state index contributed by atoms with van der Waals surface area (Å²) in [6.07, 6.45) is 0.204. The lowest BCUT2D eigenvalue weighted by Crippen LogP contribution is -2.33. The summed E-state index contributed by atoms with van der Waals surface area (Å²) in [6, 6.07) is -0.00812. The van der Waals surface area contributed by atoms with Gasteiger partial charge in [0.25, 0.3) is 0 Å². The quantitative estimate of drug-likeness (QED) is 0.470. The Kier molecular flexibility index (Phi) is 5.44. The van der Waals surface area contributed by atoms with Crippen molar-refractivity contribution in [3.63, 3.8) is 0 Å². The minimum Gasteiger partial charge on any atom is -0.462 e. The van der Waals surface area contributed by atoms with Crippen molar-refractivity contribution in [2.24, 2.45) is 5.73 Å². The van der Waals surface area contributed by atoms with Gasteiger partial charge >= 0.3 is 11.9 Å². The highest BCUT2D eigenvalue weighted by Crippen LogP contribution is 2.22. The van der Waals surface area contributed by atoms with Gasteiger partial charge in [0.2, 0.25) is 0 Å². The first-order chi connectivity index (χ1) is 8.06. The molecule has 1 heterocycles. The maximum atomic E-state index is 11.2. The van der Waals surface area contributed by atoms with Gasteiger partial charge in [0, 0.05) is 18.8 Å². The molecule has 1 rings (SSSR count). The van der Waals surface area contributed by atoms with Crippen molar-refractivity contribution >= 4 is 19.8 Å². The molecule has 1 aliphatic rings. The summed E-state index contributed by atoms with van der Waals surface area (Å²) in [5, 5.41) is 0. The van der Waals surface area contributed by atoms with E-state index < -0.39 is 12.1 Å². The summed E-state index contributed by atoms with van der Waals surface area (Å²) in [4.78, 5) is 22.1. The zero-order chi connectivity index (χ0) is 12.8. The first-order valence-corrected chi connectivity index (χ1v) is 5.77. The highest BCUT2D eigenvalue weighted by Gasteiger charge is 2.36. The average molecular weight is 243 g/mol. The smallest absolute Gasteiger partial charge is 0.319 e. The van der Waals surface area contributed by atoms with Gasteiger partial charge in [-0.15, -0.1) is 0 Å². The Hall–Kier alpha value is -1.08. The van der Waals surface area contributed by atoms with Gasteiger partial charge < -0.3 is 19.9 Å². The predicted octanol–water partition coefficient (Wildman–Crippen LogP) is -1.44. The molecule has 0 aromatic heterocycles. The summed E-state index contributed by atoms with van der Waals surface area (Å²) in [5.74, 6) is -0.767. The number of esters is 2. The Morgan fingerprint density at radius 3 is 2.76 bits per heavy atom. The molecule has 0 radical (unpaired) electrons. The van der Waals surface area contributed by atoms with Crippen LogP contribution in [0, 0.1) is 0 Å². The summed E-state index contributed by atoms with van der Waals surface area (Å²) in [5.41, 5.74) is 5.12. The van der Waals surface area contributed by atoms with Crippen molar-refractivity contribution < 1.29 is 23.8 Å². The van der Waals surface area contributed by atoms with Crippen LogP contribution in [0.4, 0.5) is 0 Å². The van der Waals surface area contributed by atoms with Crippen LogP contribution in [-0.2, 0) is 23.8 Å². The van der Waals surface area contributed by atoms with E-state index in [1.807, 2.05) is 7.85 Å². The Bertz CT molecular complexity index is 286. The molecule has 0 aromatic rings. The second-order valence-electron chi connectivity index (χ2n) is 3.99. The summed E-state index contributed by atoms with van der Waals surface area (Å²) >= 11 is 0. The van der Waals surface area contributed by atoms with E-state index in [-0.39, 0.29) is 31.2 Å². The molecule has 3 atom stereocenters. The van der Waals surface area contributed by atoms with Gasteiger partial charge in [-0.1, -0.05) is 6.92 Å². The second kappa shape index (κ2) is 6.61. The van der Waals surface area contributed by atoms with Gasteiger partial charge in [0.05, 0.1) is 6.54 Å². The van der Waals surface area contributed by atoms with E-state index in [2.05, 4.69) is 0 Å². The molecule has 17 heavy (non-hydrogen) atoms. The predicted molar refractivity (Wildman–Crippen MR) is 62.0 cm³/mol. The van der Waals surface area contributed by atoms with E-state index >= 15 is 0 Å². The molecule has 1 saturated heterocycles. The van der Waals surface area contributed by atoms with E-state index in [9.17, 15) is 9.59 Å². The molecule has 0 amide bonds. The van der Waals surface area contributed by atoms with E-state index in [0.29, 0.717) is 12.8 Å². The lowest BCUT2D eigenvalue weighted by atomic mass is 9.96. The van der Waals surface area contributed by atoms with Crippen LogP contribution in [-0.4, -0.2) is 51.1 Å². The molecule has 2 N–H and O–H groups in total. The van der Waals surface area contributed by atoms with E-state index in [0.717, 1.165) is 0 Å². The Labute approximate surface area is 101 Å². The van der Waals surface area contributed by atoms with Gasteiger partial charge in [0.1, 0.15) is 26.7 Å². The number of ether oxygens (including phenoxy) is 3. The number of rotatable bonds is 5. The Morgan fingerprint density at radius 1 is 1.47 bits per heavy atom. The van der Waals surface area contributed by atoms with Gasteiger partial charge in [-0.25, -0.2) is 0 Å². The van der Waals surface area contributed by atoms with Crippen LogP contribution < -0.4 is 5.73 Å². The van der Waals surface area contributed by atoms with Crippen molar-refractivity contribution in [1.29, 1.82) is 0 Å². The number of hydrogen-bond acceptors (Lipinski definition) is 6. The first kappa shape index (κ1) is 14.0. The van der Waals surface area contributed by atoms with E-state index in [1.165, 1.54) is 0 Å². The van der Waals surface area contributed by atoms with Gasteiger partial charge in [0.15, 0.2) is 0 Å². The fraction of sp³-hybridized carbons (Fsp3) is 0.800.